The fourth-order valence-corrected chi connectivity index (χ4v) is 2.84. The van der Waals surface area contributed by atoms with Crippen molar-refractivity contribution in [2.45, 2.75) is 25.7 Å². The van der Waals surface area contributed by atoms with E-state index in [-0.39, 0.29) is 0 Å². The first kappa shape index (κ1) is 5.17. The minimum absolute atomic E-state index is 0.947. The maximum atomic E-state index is 2.53. The molecule has 52 valence electrons. The van der Waals surface area contributed by atoms with Gasteiger partial charge < -0.3 is 0 Å². The maximum absolute atomic E-state index is 2.53. The molecule has 4 aliphatic carbocycles. The summed E-state index contributed by atoms with van der Waals surface area (Å²) >= 11 is 0. The average Bonchev–Trinajstić information content (AvgIpc) is 1.82. The van der Waals surface area contributed by atoms with E-state index < -0.39 is 0 Å². The Morgan fingerprint density at radius 1 is 1.00 bits per heavy atom. The summed E-state index contributed by atoms with van der Waals surface area (Å²) in [6, 6.07) is 0. The van der Waals surface area contributed by atoms with Crippen LogP contribution in [0.25, 0.3) is 0 Å². The first-order chi connectivity index (χ1) is 4.90. The van der Waals surface area contributed by atoms with Crippen LogP contribution >= 0.6 is 0 Å². The van der Waals surface area contributed by atoms with Gasteiger partial charge in [-0.2, -0.15) is 0 Å². The van der Waals surface area contributed by atoms with Crippen molar-refractivity contribution >= 4 is 0 Å². The molecule has 2 atom stereocenters. The van der Waals surface area contributed by atoms with Crippen LogP contribution in [-0.4, -0.2) is 0 Å². The fraction of sp³-hybridized carbons (Fsp3) is 0.600. The molecule has 0 radical (unpaired) electrons. The van der Waals surface area contributed by atoms with Crippen molar-refractivity contribution in [2.75, 3.05) is 0 Å². The highest BCUT2D eigenvalue weighted by atomic mass is 14.4. The lowest BCUT2D eigenvalue weighted by Crippen LogP contribution is -2.23. The molecular weight excluding hydrogens is 120 g/mol. The van der Waals surface area contributed by atoms with Crippen molar-refractivity contribution in [2.24, 2.45) is 11.8 Å². The van der Waals surface area contributed by atoms with E-state index in [1.54, 1.807) is 11.1 Å². The summed E-state index contributed by atoms with van der Waals surface area (Å²) in [6.07, 6.45) is 10.6. The van der Waals surface area contributed by atoms with Crippen molar-refractivity contribution in [3.05, 3.63) is 23.3 Å². The number of hydrogen-bond donors (Lipinski definition) is 0. The third-order valence-corrected chi connectivity index (χ3v) is 3.05. The molecule has 0 fully saturated rings. The zero-order valence-corrected chi connectivity index (χ0v) is 6.14. The molecule has 4 aliphatic rings. The van der Waals surface area contributed by atoms with Gasteiger partial charge in [0.1, 0.15) is 0 Å². The van der Waals surface area contributed by atoms with Crippen LogP contribution in [0.4, 0.5) is 0 Å². The monoisotopic (exact) mass is 132 g/mol. The summed E-state index contributed by atoms with van der Waals surface area (Å²) < 4.78 is 0. The molecule has 0 aromatic carbocycles. The van der Waals surface area contributed by atoms with Gasteiger partial charge in [0.05, 0.1) is 0 Å². The van der Waals surface area contributed by atoms with Gasteiger partial charge in [0.25, 0.3) is 0 Å². The first-order valence-electron chi connectivity index (χ1n) is 4.29. The second-order valence-corrected chi connectivity index (χ2v) is 3.99. The Morgan fingerprint density at radius 2 is 1.60 bits per heavy atom. The van der Waals surface area contributed by atoms with Gasteiger partial charge in [-0.3, -0.25) is 0 Å². The summed E-state index contributed by atoms with van der Waals surface area (Å²) in [7, 11) is 0. The maximum Gasteiger partial charge on any atom is -0.0108 e. The van der Waals surface area contributed by atoms with Crippen LogP contribution in [0.5, 0.6) is 0 Å². The van der Waals surface area contributed by atoms with E-state index in [1.807, 2.05) is 0 Å². The largest absolute Gasteiger partial charge is 0.0815 e. The van der Waals surface area contributed by atoms with Crippen molar-refractivity contribution in [1.29, 1.82) is 0 Å². The van der Waals surface area contributed by atoms with Crippen LogP contribution in [0.2, 0.25) is 0 Å². The predicted octanol–water partition coefficient (Wildman–Crippen LogP) is 2.67. The molecule has 2 unspecified atom stereocenters. The molecule has 0 saturated heterocycles. The molecule has 4 rings (SSSR count). The van der Waals surface area contributed by atoms with Crippen LogP contribution in [0.3, 0.4) is 0 Å². The SMILES string of the molecule is C1=C2CC3=CC(C2)CC1C3. The van der Waals surface area contributed by atoms with Gasteiger partial charge in [0.15, 0.2) is 0 Å². The molecule has 0 aliphatic heterocycles. The lowest BCUT2D eigenvalue weighted by atomic mass is 9.67. The van der Waals surface area contributed by atoms with Crippen molar-refractivity contribution in [3.8, 4) is 0 Å². The number of hydrogen-bond acceptors (Lipinski definition) is 0. The van der Waals surface area contributed by atoms with Crippen LogP contribution in [0.15, 0.2) is 23.3 Å². The van der Waals surface area contributed by atoms with Gasteiger partial charge in [-0.15, -0.1) is 0 Å². The minimum atomic E-state index is 0.947. The smallest absolute Gasteiger partial charge is 0.0108 e. The van der Waals surface area contributed by atoms with Gasteiger partial charge in [0.2, 0.25) is 0 Å². The van der Waals surface area contributed by atoms with Crippen molar-refractivity contribution in [3.63, 3.8) is 0 Å². The quantitative estimate of drug-likeness (QED) is 0.444. The van der Waals surface area contributed by atoms with Crippen LogP contribution in [-0.2, 0) is 0 Å². The molecule has 0 heteroatoms. The predicted molar refractivity (Wildman–Crippen MR) is 41.6 cm³/mol. The van der Waals surface area contributed by atoms with Crippen LogP contribution in [0, 0.1) is 11.8 Å². The molecule has 0 amide bonds. The Morgan fingerprint density at radius 3 is 2.10 bits per heavy atom. The van der Waals surface area contributed by atoms with E-state index in [4.69, 9.17) is 0 Å². The number of allylic oxidation sites excluding steroid dienone is 4. The zero-order chi connectivity index (χ0) is 6.55. The third-order valence-electron chi connectivity index (χ3n) is 3.05. The summed E-state index contributed by atoms with van der Waals surface area (Å²) in [5.74, 6) is 1.89. The van der Waals surface area contributed by atoms with E-state index >= 15 is 0 Å². The Bertz CT molecular complexity index is 208. The topological polar surface area (TPSA) is 0 Å². The highest BCUT2D eigenvalue weighted by molar-refractivity contribution is 5.32. The normalized spacial score (nSPS) is 41.6. The van der Waals surface area contributed by atoms with Gasteiger partial charge in [-0.05, 0) is 37.5 Å². The van der Waals surface area contributed by atoms with Crippen molar-refractivity contribution in [1.82, 2.24) is 0 Å². The average molecular weight is 132 g/mol. The van der Waals surface area contributed by atoms with Gasteiger partial charge in [-0.1, -0.05) is 23.3 Å². The van der Waals surface area contributed by atoms with E-state index in [0.717, 1.165) is 11.8 Å². The molecule has 0 spiro atoms. The van der Waals surface area contributed by atoms with Crippen molar-refractivity contribution < 1.29 is 0 Å². The van der Waals surface area contributed by atoms with E-state index in [2.05, 4.69) is 12.2 Å². The standard InChI is InChI=1S/C10H12/c1-7-2-9-4-8(1)5-10(3-7)6-9/h1,6-7,9H,2-5H2. The molecule has 0 N–H and O–H groups in total. The third kappa shape index (κ3) is 0.570. The molecule has 4 bridgehead atoms. The second kappa shape index (κ2) is 1.55. The van der Waals surface area contributed by atoms with Gasteiger partial charge in [-0.25, -0.2) is 0 Å². The lowest BCUT2D eigenvalue weighted by molar-refractivity contribution is 0.385. The Hall–Kier alpha value is -0.520. The van der Waals surface area contributed by atoms with E-state index in [0.29, 0.717) is 0 Å². The first-order valence-corrected chi connectivity index (χ1v) is 4.29. The highest BCUT2D eigenvalue weighted by Crippen LogP contribution is 2.46. The van der Waals surface area contributed by atoms with Gasteiger partial charge >= 0.3 is 0 Å². The molecule has 0 aromatic rings. The Balaban J connectivity index is 2.17. The van der Waals surface area contributed by atoms with E-state index in [9.17, 15) is 0 Å². The molecule has 0 aromatic heterocycles. The highest BCUT2D eigenvalue weighted by Gasteiger charge is 2.31. The Kier molecular flexibility index (Phi) is 0.803. The number of rotatable bonds is 0. The second-order valence-electron chi connectivity index (χ2n) is 3.99. The molecule has 0 nitrogen and oxygen atoms in total. The van der Waals surface area contributed by atoms with Gasteiger partial charge in [0, 0.05) is 0 Å². The van der Waals surface area contributed by atoms with Crippen LogP contribution in [0.1, 0.15) is 25.7 Å². The molecule has 10 heavy (non-hydrogen) atoms. The van der Waals surface area contributed by atoms with Crippen LogP contribution < -0.4 is 0 Å². The lowest BCUT2D eigenvalue weighted by Gasteiger charge is -2.38. The molecule has 0 heterocycles. The molecular formula is C10H12. The summed E-state index contributed by atoms with van der Waals surface area (Å²) in [6.45, 7) is 0. The minimum Gasteiger partial charge on any atom is -0.0815 e. The molecule has 0 saturated carbocycles. The summed E-state index contributed by atoms with van der Waals surface area (Å²) in [5.41, 5.74) is 3.48. The summed E-state index contributed by atoms with van der Waals surface area (Å²) in [4.78, 5) is 0. The van der Waals surface area contributed by atoms with E-state index in [1.165, 1.54) is 25.7 Å². The fourth-order valence-electron chi connectivity index (χ4n) is 2.84. The Labute approximate surface area is 61.6 Å². The summed E-state index contributed by atoms with van der Waals surface area (Å²) in [5, 5.41) is 0. The zero-order valence-electron chi connectivity index (χ0n) is 6.14.